The number of halogens is 1. The van der Waals surface area contributed by atoms with Crippen LogP contribution in [0.25, 0.3) is 0 Å². The third-order valence-electron chi connectivity index (χ3n) is 6.03. The van der Waals surface area contributed by atoms with E-state index in [1.165, 1.54) is 32.1 Å². The molecule has 5 heteroatoms. The molecule has 1 aliphatic carbocycles. The predicted octanol–water partition coefficient (Wildman–Crippen LogP) is 5.53. The normalized spacial score (nSPS) is 20.3. The molecule has 1 saturated heterocycles. The second-order valence-electron chi connectivity index (χ2n) is 7.83. The fourth-order valence-electron chi connectivity index (χ4n) is 4.60. The van der Waals surface area contributed by atoms with Gasteiger partial charge in [-0.3, -0.25) is 9.78 Å². The number of aromatic nitrogens is 1. The number of benzene rings is 1. The first-order valence-corrected chi connectivity index (χ1v) is 10.7. The van der Waals surface area contributed by atoms with Gasteiger partial charge in [-0.25, -0.2) is 0 Å². The van der Waals surface area contributed by atoms with Crippen LogP contribution in [0.1, 0.15) is 68.0 Å². The number of likely N-dealkylation sites (tertiary alicyclic amines) is 1. The van der Waals surface area contributed by atoms with E-state index in [4.69, 9.17) is 16.3 Å². The van der Waals surface area contributed by atoms with E-state index in [-0.39, 0.29) is 18.6 Å². The smallest absolute Gasteiger partial charge is 0.261 e. The van der Waals surface area contributed by atoms with Crippen molar-refractivity contribution in [2.45, 2.75) is 56.9 Å². The number of nitrogens with zero attached hydrogens (tertiary/aromatic N) is 2. The van der Waals surface area contributed by atoms with Gasteiger partial charge in [0.25, 0.3) is 5.91 Å². The number of rotatable bonds is 5. The van der Waals surface area contributed by atoms with E-state index in [2.05, 4.69) is 4.98 Å². The van der Waals surface area contributed by atoms with Crippen LogP contribution in [0.15, 0.2) is 42.7 Å². The van der Waals surface area contributed by atoms with E-state index in [1.807, 2.05) is 35.2 Å². The van der Waals surface area contributed by atoms with E-state index in [1.54, 1.807) is 12.4 Å². The van der Waals surface area contributed by atoms with Crippen LogP contribution in [0, 0.1) is 0 Å². The Balaban J connectivity index is 1.45. The van der Waals surface area contributed by atoms with E-state index in [0.29, 0.717) is 5.92 Å². The molecule has 1 aromatic carbocycles. The number of pyridine rings is 1. The average Bonchev–Trinajstić information content (AvgIpc) is 3.24. The van der Waals surface area contributed by atoms with Crippen molar-refractivity contribution in [1.82, 2.24) is 9.88 Å². The Morgan fingerprint density at radius 2 is 1.86 bits per heavy atom. The van der Waals surface area contributed by atoms with Gasteiger partial charge in [-0.1, -0.05) is 30.9 Å². The van der Waals surface area contributed by atoms with Crippen LogP contribution >= 0.6 is 11.6 Å². The van der Waals surface area contributed by atoms with Crippen LogP contribution in [0.5, 0.6) is 5.75 Å². The molecule has 0 unspecified atom stereocenters. The summed E-state index contributed by atoms with van der Waals surface area (Å²) in [5, 5.41) is 0.733. The molecular formula is C23H27ClN2O2. The van der Waals surface area contributed by atoms with Gasteiger partial charge in [0, 0.05) is 24.0 Å². The lowest BCUT2D eigenvalue weighted by Crippen LogP contribution is -2.34. The van der Waals surface area contributed by atoms with Gasteiger partial charge in [0.15, 0.2) is 6.61 Å². The Morgan fingerprint density at radius 1 is 1.07 bits per heavy atom. The van der Waals surface area contributed by atoms with Crippen LogP contribution in [0.2, 0.25) is 5.02 Å². The highest BCUT2D eigenvalue weighted by molar-refractivity contribution is 6.30. The van der Waals surface area contributed by atoms with E-state index in [9.17, 15) is 4.79 Å². The molecule has 4 rings (SSSR count). The maximum Gasteiger partial charge on any atom is 0.261 e. The Hall–Kier alpha value is -2.07. The molecule has 1 aromatic heterocycles. The Bertz CT molecular complexity index is 806. The molecule has 0 bridgehead atoms. The molecule has 1 saturated carbocycles. The second kappa shape index (κ2) is 8.95. The largest absolute Gasteiger partial charge is 0.483 e. The molecule has 1 atom stereocenters. The highest BCUT2D eigenvalue weighted by atomic mass is 35.5. The molecule has 2 heterocycles. The molecule has 2 aromatic rings. The van der Waals surface area contributed by atoms with Crippen molar-refractivity contribution in [3.05, 3.63) is 58.9 Å². The molecule has 4 nitrogen and oxygen atoms in total. The van der Waals surface area contributed by atoms with Gasteiger partial charge in [-0.05, 0) is 73.1 Å². The van der Waals surface area contributed by atoms with Gasteiger partial charge in [0.1, 0.15) is 5.75 Å². The minimum Gasteiger partial charge on any atom is -0.483 e. The topological polar surface area (TPSA) is 42.4 Å². The first kappa shape index (κ1) is 19.3. The van der Waals surface area contributed by atoms with Gasteiger partial charge in [-0.2, -0.15) is 0 Å². The standard InChI is InChI=1S/C23H27ClN2O2/c24-19-8-9-22(20(15-19)17-5-2-1-3-6-17)28-16-23(27)26-14-4-7-21(26)18-10-12-25-13-11-18/h8-13,15,17,21H,1-7,14,16H2/t21-/m0/s1. The van der Waals surface area contributed by atoms with Crippen LogP contribution in [0.3, 0.4) is 0 Å². The maximum atomic E-state index is 12.9. The molecule has 0 radical (unpaired) electrons. The van der Waals surface area contributed by atoms with Crippen LogP contribution in [-0.2, 0) is 4.79 Å². The summed E-state index contributed by atoms with van der Waals surface area (Å²) in [5.41, 5.74) is 2.31. The Morgan fingerprint density at radius 3 is 2.64 bits per heavy atom. The zero-order valence-electron chi connectivity index (χ0n) is 16.1. The summed E-state index contributed by atoms with van der Waals surface area (Å²) in [4.78, 5) is 19.0. The lowest BCUT2D eigenvalue weighted by molar-refractivity contribution is -0.134. The summed E-state index contributed by atoms with van der Waals surface area (Å²) in [6.45, 7) is 0.855. The van der Waals surface area contributed by atoms with Crippen LogP contribution < -0.4 is 4.74 Å². The highest BCUT2D eigenvalue weighted by Gasteiger charge is 2.30. The Kier molecular flexibility index (Phi) is 6.16. The number of hydrogen-bond donors (Lipinski definition) is 0. The van der Waals surface area contributed by atoms with Crippen LogP contribution in [-0.4, -0.2) is 28.9 Å². The minimum absolute atomic E-state index is 0.0452. The third kappa shape index (κ3) is 4.33. The molecule has 0 spiro atoms. The number of hydrogen-bond acceptors (Lipinski definition) is 3. The lowest BCUT2D eigenvalue weighted by atomic mass is 9.84. The fourth-order valence-corrected chi connectivity index (χ4v) is 4.78. The quantitative estimate of drug-likeness (QED) is 0.665. The maximum absolute atomic E-state index is 12.9. The van der Waals surface area contributed by atoms with E-state index < -0.39 is 0 Å². The molecule has 28 heavy (non-hydrogen) atoms. The van der Waals surface area contributed by atoms with Crippen molar-refractivity contribution in [2.24, 2.45) is 0 Å². The number of ether oxygens (including phenoxy) is 1. The first-order valence-electron chi connectivity index (χ1n) is 10.3. The first-order chi connectivity index (χ1) is 13.7. The fraction of sp³-hybridized carbons (Fsp3) is 0.478. The van der Waals surface area contributed by atoms with Crippen molar-refractivity contribution in [2.75, 3.05) is 13.2 Å². The summed E-state index contributed by atoms with van der Waals surface area (Å²) in [6, 6.07) is 9.91. The lowest BCUT2D eigenvalue weighted by Gasteiger charge is -2.27. The summed E-state index contributed by atoms with van der Waals surface area (Å²) in [5.74, 6) is 1.34. The number of carbonyl (C=O) groups is 1. The molecule has 1 amide bonds. The van der Waals surface area contributed by atoms with Gasteiger partial charge in [0.2, 0.25) is 0 Å². The molecule has 1 aliphatic heterocycles. The molecule has 2 fully saturated rings. The monoisotopic (exact) mass is 398 g/mol. The second-order valence-corrected chi connectivity index (χ2v) is 8.27. The van der Waals surface area contributed by atoms with Crippen molar-refractivity contribution in [3.8, 4) is 5.75 Å². The van der Waals surface area contributed by atoms with E-state index in [0.717, 1.165) is 41.3 Å². The molecule has 148 valence electrons. The molecule has 2 aliphatic rings. The summed E-state index contributed by atoms with van der Waals surface area (Å²) >= 11 is 6.25. The minimum atomic E-state index is 0.0452. The molecular weight excluding hydrogens is 372 g/mol. The van der Waals surface area contributed by atoms with Gasteiger partial charge < -0.3 is 9.64 Å². The highest BCUT2D eigenvalue weighted by Crippen LogP contribution is 2.39. The summed E-state index contributed by atoms with van der Waals surface area (Å²) in [7, 11) is 0. The zero-order chi connectivity index (χ0) is 19.3. The molecule has 0 N–H and O–H groups in total. The van der Waals surface area contributed by atoms with Crippen molar-refractivity contribution < 1.29 is 9.53 Å². The van der Waals surface area contributed by atoms with Gasteiger partial charge in [-0.15, -0.1) is 0 Å². The summed E-state index contributed by atoms with van der Waals surface area (Å²) < 4.78 is 6.04. The van der Waals surface area contributed by atoms with Gasteiger partial charge >= 0.3 is 0 Å². The number of carbonyl (C=O) groups excluding carboxylic acids is 1. The van der Waals surface area contributed by atoms with Crippen LogP contribution in [0.4, 0.5) is 0 Å². The summed E-state index contributed by atoms with van der Waals surface area (Å²) in [6.07, 6.45) is 11.7. The predicted molar refractivity (Wildman–Crippen MR) is 111 cm³/mol. The third-order valence-corrected chi connectivity index (χ3v) is 6.27. The van der Waals surface area contributed by atoms with Crippen molar-refractivity contribution in [3.63, 3.8) is 0 Å². The van der Waals surface area contributed by atoms with Crippen molar-refractivity contribution in [1.29, 1.82) is 0 Å². The van der Waals surface area contributed by atoms with E-state index >= 15 is 0 Å². The van der Waals surface area contributed by atoms with Crippen molar-refractivity contribution >= 4 is 17.5 Å². The van der Waals surface area contributed by atoms with Gasteiger partial charge in [0.05, 0.1) is 6.04 Å². The number of amides is 1. The Labute approximate surface area is 171 Å². The average molecular weight is 399 g/mol. The zero-order valence-corrected chi connectivity index (χ0v) is 16.9. The SMILES string of the molecule is O=C(COc1ccc(Cl)cc1C1CCCCC1)N1CCC[C@H]1c1ccncc1.